The number of hydrogen-bond donors (Lipinski definition) is 1. The van der Waals surface area contributed by atoms with Crippen molar-refractivity contribution in [3.8, 4) is 0 Å². The first-order valence-electron chi connectivity index (χ1n) is 6.48. The molecule has 8 heteroatoms. The van der Waals surface area contributed by atoms with Crippen molar-refractivity contribution >= 4 is 37.2 Å². The van der Waals surface area contributed by atoms with E-state index in [1.54, 1.807) is 0 Å². The quantitative estimate of drug-likeness (QED) is 0.845. The van der Waals surface area contributed by atoms with Gasteiger partial charge in [0.05, 0.1) is 5.02 Å². The fourth-order valence-corrected chi connectivity index (χ4v) is 3.61. The zero-order valence-electron chi connectivity index (χ0n) is 11.1. The van der Waals surface area contributed by atoms with E-state index >= 15 is 0 Å². The van der Waals surface area contributed by atoms with Gasteiger partial charge in [0.1, 0.15) is 4.90 Å². The Morgan fingerprint density at radius 1 is 1.33 bits per heavy atom. The molecular formula is C13H15Cl2NO4S. The van der Waals surface area contributed by atoms with Crippen LogP contribution in [-0.2, 0) is 13.8 Å². The highest BCUT2D eigenvalue weighted by molar-refractivity contribution is 8.13. The molecule has 1 fully saturated rings. The Hall–Kier alpha value is -0.820. The van der Waals surface area contributed by atoms with Gasteiger partial charge < -0.3 is 10.1 Å². The molecule has 1 amide bonds. The van der Waals surface area contributed by atoms with Crippen molar-refractivity contribution in [2.45, 2.75) is 17.7 Å². The maximum absolute atomic E-state index is 12.1. The summed E-state index contributed by atoms with van der Waals surface area (Å²) in [5.74, 6) is 0.0333. The first-order chi connectivity index (χ1) is 9.88. The Labute approximate surface area is 133 Å². The molecule has 0 aromatic heterocycles. The second-order valence-electron chi connectivity index (χ2n) is 4.85. The van der Waals surface area contributed by atoms with Crippen LogP contribution >= 0.6 is 22.3 Å². The molecule has 1 aromatic rings. The molecule has 0 aliphatic carbocycles. The van der Waals surface area contributed by atoms with Gasteiger partial charge in [0.15, 0.2) is 0 Å². The maximum atomic E-state index is 12.1. The summed E-state index contributed by atoms with van der Waals surface area (Å²) in [5, 5.41) is 2.78. The summed E-state index contributed by atoms with van der Waals surface area (Å²) in [5.41, 5.74) is 0.214. The van der Waals surface area contributed by atoms with Gasteiger partial charge in [-0.05, 0) is 37.0 Å². The molecule has 1 heterocycles. The molecule has 0 atom stereocenters. The highest BCUT2D eigenvalue weighted by Gasteiger charge is 2.19. The second-order valence-corrected chi connectivity index (χ2v) is 7.79. The summed E-state index contributed by atoms with van der Waals surface area (Å²) in [4.78, 5) is 11.8. The van der Waals surface area contributed by atoms with E-state index in [-0.39, 0.29) is 21.4 Å². The number of nitrogens with one attached hydrogen (secondary N) is 1. The number of halogens is 2. The van der Waals surface area contributed by atoms with Gasteiger partial charge in [-0.3, -0.25) is 4.79 Å². The molecule has 0 saturated carbocycles. The summed E-state index contributed by atoms with van der Waals surface area (Å²) in [6.07, 6.45) is 1.81. The lowest BCUT2D eigenvalue weighted by Gasteiger charge is -2.22. The van der Waals surface area contributed by atoms with Crippen LogP contribution in [-0.4, -0.2) is 34.1 Å². The van der Waals surface area contributed by atoms with Crippen LogP contribution in [0.4, 0.5) is 0 Å². The van der Waals surface area contributed by atoms with Gasteiger partial charge in [-0.25, -0.2) is 8.42 Å². The third-order valence-corrected chi connectivity index (χ3v) is 5.15. The minimum atomic E-state index is -3.98. The topological polar surface area (TPSA) is 72.5 Å². The minimum absolute atomic E-state index is 0.00835. The van der Waals surface area contributed by atoms with Crippen LogP contribution in [0.1, 0.15) is 23.2 Å². The standard InChI is InChI=1S/C13H15Cl2NO4S/c14-11-2-1-10(7-12(11)21(15,18)19)13(17)16-8-9-3-5-20-6-4-9/h1-2,7,9H,3-6,8H2,(H,16,17). The molecule has 116 valence electrons. The highest BCUT2D eigenvalue weighted by Crippen LogP contribution is 2.25. The average Bonchev–Trinajstić information content (AvgIpc) is 2.45. The monoisotopic (exact) mass is 351 g/mol. The molecule has 1 saturated heterocycles. The van der Waals surface area contributed by atoms with Crippen molar-refractivity contribution in [1.29, 1.82) is 0 Å². The third kappa shape index (κ3) is 4.57. The predicted octanol–water partition coefficient (Wildman–Crippen LogP) is 2.42. The Balaban J connectivity index is 2.05. The van der Waals surface area contributed by atoms with Crippen LogP contribution in [0.3, 0.4) is 0 Å². The largest absolute Gasteiger partial charge is 0.381 e. The van der Waals surface area contributed by atoms with Crippen LogP contribution in [0.2, 0.25) is 5.02 Å². The van der Waals surface area contributed by atoms with E-state index in [0.29, 0.717) is 25.7 Å². The number of rotatable bonds is 4. The Morgan fingerprint density at radius 2 is 2.00 bits per heavy atom. The lowest BCUT2D eigenvalue weighted by atomic mass is 10.0. The molecule has 1 aliphatic heterocycles. The summed E-state index contributed by atoms with van der Waals surface area (Å²) < 4.78 is 28.0. The fourth-order valence-electron chi connectivity index (χ4n) is 2.12. The number of benzene rings is 1. The molecule has 0 unspecified atom stereocenters. The number of ether oxygens (including phenoxy) is 1. The molecular weight excluding hydrogens is 337 g/mol. The van der Waals surface area contributed by atoms with Crippen molar-refractivity contribution < 1.29 is 17.9 Å². The van der Waals surface area contributed by atoms with Crippen molar-refractivity contribution in [2.75, 3.05) is 19.8 Å². The first kappa shape index (κ1) is 16.5. The van der Waals surface area contributed by atoms with E-state index in [0.717, 1.165) is 12.8 Å². The lowest BCUT2D eigenvalue weighted by molar-refractivity contribution is 0.0642. The Kier molecular flexibility index (Phi) is 5.48. The SMILES string of the molecule is O=C(NCC1CCOCC1)c1ccc(Cl)c(S(=O)(=O)Cl)c1. The van der Waals surface area contributed by atoms with Gasteiger partial charge in [0.25, 0.3) is 15.0 Å². The first-order valence-corrected chi connectivity index (χ1v) is 9.17. The molecule has 21 heavy (non-hydrogen) atoms. The third-order valence-electron chi connectivity index (χ3n) is 3.35. The van der Waals surface area contributed by atoms with Crippen LogP contribution < -0.4 is 5.32 Å². The predicted molar refractivity (Wildman–Crippen MR) is 80.4 cm³/mol. The normalized spacial score (nSPS) is 16.7. The Morgan fingerprint density at radius 3 is 2.62 bits per heavy atom. The number of carbonyl (C=O) groups is 1. The van der Waals surface area contributed by atoms with E-state index in [1.165, 1.54) is 18.2 Å². The van der Waals surface area contributed by atoms with Crippen LogP contribution in [0.15, 0.2) is 23.1 Å². The number of hydrogen-bond acceptors (Lipinski definition) is 4. The minimum Gasteiger partial charge on any atom is -0.381 e. The van der Waals surface area contributed by atoms with Crippen molar-refractivity contribution in [2.24, 2.45) is 5.92 Å². The molecule has 2 rings (SSSR count). The molecule has 0 bridgehead atoms. The Bertz CT molecular complexity index is 627. The molecule has 0 spiro atoms. The van der Waals surface area contributed by atoms with Gasteiger partial charge >= 0.3 is 0 Å². The van der Waals surface area contributed by atoms with Gasteiger partial charge in [-0.2, -0.15) is 0 Å². The second kappa shape index (κ2) is 6.96. The average molecular weight is 352 g/mol. The van der Waals surface area contributed by atoms with Gasteiger partial charge in [0, 0.05) is 36.0 Å². The fraction of sp³-hybridized carbons (Fsp3) is 0.462. The summed E-state index contributed by atoms with van der Waals surface area (Å²) >= 11 is 5.78. The highest BCUT2D eigenvalue weighted by atomic mass is 35.7. The molecule has 5 nitrogen and oxygen atoms in total. The van der Waals surface area contributed by atoms with E-state index in [4.69, 9.17) is 27.0 Å². The maximum Gasteiger partial charge on any atom is 0.262 e. The van der Waals surface area contributed by atoms with Crippen LogP contribution in [0.5, 0.6) is 0 Å². The zero-order valence-corrected chi connectivity index (χ0v) is 13.5. The molecule has 1 N–H and O–H groups in total. The van der Waals surface area contributed by atoms with E-state index in [9.17, 15) is 13.2 Å². The molecule has 0 radical (unpaired) electrons. The summed E-state index contributed by atoms with van der Waals surface area (Å²) in [7, 11) is 1.30. The van der Waals surface area contributed by atoms with Gasteiger partial charge in [-0.15, -0.1) is 0 Å². The van der Waals surface area contributed by atoms with Gasteiger partial charge in [-0.1, -0.05) is 11.6 Å². The van der Waals surface area contributed by atoms with Crippen LogP contribution in [0, 0.1) is 5.92 Å². The van der Waals surface area contributed by atoms with E-state index in [1.807, 2.05) is 0 Å². The van der Waals surface area contributed by atoms with Crippen molar-refractivity contribution in [3.63, 3.8) is 0 Å². The number of carbonyl (C=O) groups excluding carboxylic acids is 1. The summed E-state index contributed by atoms with van der Waals surface area (Å²) in [6.45, 7) is 1.94. The van der Waals surface area contributed by atoms with Crippen LogP contribution in [0.25, 0.3) is 0 Å². The molecule has 1 aromatic carbocycles. The molecule has 1 aliphatic rings. The summed E-state index contributed by atoms with van der Waals surface area (Å²) in [6, 6.07) is 4.00. The van der Waals surface area contributed by atoms with Crippen molar-refractivity contribution in [1.82, 2.24) is 5.32 Å². The lowest BCUT2D eigenvalue weighted by Crippen LogP contribution is -2.32. The zero-order chi connectivity index (χ0) is 15.5. The van der Waals surface area contributed by atoms with Gasteiger partial charge in [0.2, 0.25) is 0 Å². The van der Waals surface area contributed by atoms with E-state index < -0.39 is 9.05 Å². The van der Waals surface area contributed by atoms with Crippen molar-refractivity contribution in [3.05, 3.63) is 28.8 Å². The number of amides is 1. The van der Waals surface area contributed by atoms with E-state index in [2.05, 4.69) is 5.32 Å². The smallest absolute Gasteiger partial charge is 0.262 e.